The molecule has 16 heavy (non-hydrogen) atoms. The molecule has 3 heteroatoms. The third kappa shape index (κ3) is 5.20. The Bertz CT molecular complexity index is 316. The van der Waals surface area contributed by atoms with Crippen molar-refractivity contribution in [1.82, 2.24) is 5.32 Å². The molecule has 1 unspecified atom stereocenters. The Kier molecular flexibility index (Phi) is 5.60. The van der Waals surface area contributed by atoms with Gasteiger partial charge >= 0.3 is 0 Å². The maximum absolute atomic E-state index is 5.94. The van der Waals surface area contributed by atoms with Crippen molar-refractivity contribution in [2.75, 3.05) is 0 Å². The lowest BCUT2D eigenvalue weighted by Crippen LogP contribution is -2.26. The molecular weight excluding hydrogens is 241 g/mol. The third-order valence-electron chi connectivity index (χ3n) is 2.40. The second kappa shape index (κ2) is 6.48. The first kappa shape index (κ1) is 13.8. The Morgan fingerprint density at radius 2 is 1.62 bits per heavy atom. The zero-order valence-corrected chi connectivity index (χ0v) is 11.6. The van der Waals surface area contributed by atoms with Gasteiger partial charge < -0.3 is 5.32 Å². The molecule has 0 aliphatic carbocycles. The van der Waals surface area contributed by atoms with Crippen LogP contribution in [-0.4, -0.2) is 6.04 Å². The van der Waals surface area contributed by atoms with Gasteiger partial charge in [-0.2, -0.15) is 0 Å². The van der Waals surface area contributed by atoms with Crippen LogP contribution >= 0.6 is 23.2 Å². The lowest BCUT2D eigenvalue weighted by molar-refractivity contribution is 0.441. The van der Waals surface area contributed by atoms with Crippen molar-refractivity contribution in [1.29, 1.82) is 0 Å². The second-order valence-corrected chi connectivity index (χ2v) is 5.56. The molecule has 0 amide bonds. The Morgan fingerprint density at radius 1 is 1.06 bits per heavy atom. The largest absolute Gasteiger partial charge is 0.310 e. The molecule has 1 N–H and O–H groups in total. The molecule has 0 heterocycles. The molecule has 0 saturated heterocycles. The zero-order chi connectivity index (χ0) is 12.1. The van der Waals surface area contributed by atoms with E-state index in [-0.39, 0.29) is 0 Å². The number of benzene rings is 1. The molecule has 0 bridgehead atoms. The molecule has 1 aromatic rings. The van der Waals surface area contributed by atoms with Crippen LogP contribution in [0.2, 0.25) is 10.0 Å². The Labute approximate surface area is 108 Å². The summed E-state index contributed by atoms with van der Waals surface area (Å²) in [7, 11) is 0. The van der Waals surface area contributed by atoms with Crippen molar-refractivity contribution in [3.8, 4) is 0 Å². The van der Waals surface area contributed by atoms with Gasteiger partial charge in [-0.1, -0.05) is 37.0 Å². The van der Waals surface area contributed by atoms with Crippen LogP contribution in [0.15, 0.2) is 18.2 Å². The highest BCUT2D eigenvalue weighted by atomic mass is 35.5. The van der Waals surface area contributed by atoms with Crippen LogP contribution in [-0.2, 0) is 6.54 Å². The number of hydrogen-bond donors (Lipinski definition) is 1. The summed E-state index contributed by atoms with van der Waals surface area (Å²) in [5, 5.41) is 4.86. The van der Waals surface area contributed by atoms with Crippen LogP contribution in [0.5, 0.6) is 0 Å². The first-order valence-corrected chi connectivity index (χ1v) is 6.41. The monoisotopic (exact) mass is 259 g/mol. The highest BCUT2D eigenvalue weighted by Gasteiger charge is 2.05. The molecular formula is C13H19Cl2N. The standard InChI is InChI=1S/C13H19Cl2N/c1-9(2)4-10(3)16-8-11-5-12(14)7-13(15)6-11/h5-7,9-10,16H,4,8H2,1-3H3. The maximum Gasteiger partial charge on any atom is 0.0424 e. The van der Waals surface area contributed by atoms with E-state index in [2.05, 4.69) is 26.1 Å². The first-order valence-electron chi connectivity index (χ1n) is 5.65. The summed E-state index contributed by atoms with van der Waals surface area (Å²) in [6.07, 6.45) is 1.17. The van der Waals surface area contributed by atoms with Gasteiger partial charge in [-0.3, -0.25) is 0 Å². The molecule has 0 spiro atoms. The Morgan fingerprint density at radius 3 is 2.12 bits per heavy atom. The Balaban J connectivity index is 2.48. The lowest BCUT2D eigenvalue weighted by atomic mass is 10.1. The smallest absolute Gasteiger partial charge is 0.0424 e. The van der Waals surface area contributed by atoms with Gasteiger partial charge in [0.05, 0.1) is 0 Å². The van der Waals surface area contributed by atoms with Crippen LogP contribution in [0.1, 0.15) is 32.8 Å². The van der Waals surface area contributed by atoms with E-state index in [0.29, 0.717) is 22.0 Å². The van der Waals surface area contributed by atoms with Gasteiger partial charge in [-0.05, 0) is 43.0 Å². The molecule has 1 aromatic carbocycles. The van der Waals surface area contributed by atoms with Gasteiger partial charge in [0, 0.05) is 22.6 Å². The van der Waals surface area contributed by atoms with E-state index in [9.17, 15) is 0 Å². The molecule has 0 saturated carbocycles. The summed E-state index contributed by atoms with van der Waals surface area (Å²) in [6, 6.07) is 6.16. The fourth-order valence-corrected chi connectivity index (χ4v) is 2.37. The average Bonchev–Trinajstić information content (AvgIpc) is 2.12. The highest BCUT2D eigenvalue weighted by molar-refractivity contribution is 6.34. The van der Waals surface area contributed by atoms with E-state index in [4.69, 9.17) is 23.2 Å². The summed E-state index contributed by atoms with van der Waals surface area (Å²) in [5.41, 5.74) is 1.13. The minimum absolute atomic E-state index is 0.512. The normalized spacial score (nSPS) is 13.1. The summed E-state index contributed by atoms with van der Waals surface area (Å²) < 4.78 is 0. The molecule has 1 rings (SSSR count). The zero-order valence-electron chi connectivity index (χ0n) is 10.1. The summed E-state index contributed by atoms with van der Waals surface area (Å²) in [4.78, 5) is 0. The van der Waals surface area contributed by atoms with Gasteiger partial charge in [-0.25, -0.2) is 0 Å². The van der Waals surface area contributed by atoms with Gasteiger partial charge in [0.1, 0.15) is 0 Å². The van der Waals surface area contributed by atoms with Crippen molar-refractivity contribution >= 4 is 23.2 Å². The van der Waals surface area contributed by atoms with E-state index in [1.54, 1.807) is 6.07 Å². The van der Waals surface area contributed by atoms with Crippen LogP contribution in [0.4, 0.5) is 0 Å². The number of halogens is 2. The van der Waals surface area contributed by atoms with Crippen molar-refractivity contribution in [3.05, 3.63) is 33.8 Å². The molecule has 0 aliphatic heterocycles. The fourth-order valence-electron chi connectivity index (χ4n) is 1.80. The lowest BCUT2D eigenvalue weighted by Gasteiger charge is -2.16. The molecule has 90 valence electrons. The first-order chi connectivity index (χ1) is 7.47. The quantitative estimate of drug-likeness (QED) is 0.820. The van der Waals surface area contributed by atoms with E-state index in [1.807, 2.05) is 12.1 Å². The maximum atomic E-state index is 5.94. The van der Waals surface area contributed by atoms with E-state index >= 15 is 0 Å². The van der Waals surface area contributed by atoms with Crippen molar-refractivity contribution < 1.29 is 0 Å². The van der Waals surface area contributed by atoms with Crippen LogP contribution in [0, 0.1) is 5.92 Å². The highest BCUT2D eigenvalue weighted by Crippen LogP contribution is 2.19. The van der Waals surface area contributed by atoms with Gasteiger partial charge in [-0.15, -0.1) is 0 Å². The SMILES string of the molecule is CC(C)CC(C)NCc1cc(Cl)cc(Cl)c1. The van der Waals surface area contributed by atoms with Crippen LogP contribution < -0.4 is 5.32 Å². The average molecular weight is 260 g/mol. The molecule has 1 nitrogen and oxygen atoms in total. The predicted molar refractivity (Wildman–Crippen MR) is 72.2 cm³/mol. The van der Waals surface area contributed by atoms with E-state index in [0.717, 1.165) is 12.1 Å². The second-order valence-electron chi connectivity index (χ2n) is 4.69. The molecule has 1 atom stereocenters. The summed E-state index contributed by atoms with van der Waals surface area (Å²) in [5.74, 6) is 0.713. The molecule has 0 radical (unpaired) electrons. The molecule has 0 aromatic heterocycles. The van der Waals surface area contributed by atoms with E-state index < -0.39 is 0 Å². The van der Waals surface area contributed by atoms with Crippen molar-refractivity contribution in [3.63, 3.8) is 0 Å². The van der Waals surface area contributed by atoms with Crippen LogP contribution in [0.3, 0.4) is 0 Å². The number of hydrogen-bond acceptors (Lipinski definition) is 1. The number of nitrogens with one attached hydrogen (secondary N) is 1. The molecule has 0 fully saturated rings. The van der Waals surface area contributed by atoms with Gasteiger partial charge in [0.25, 0.3) is 0 Å². The van der Waals surface area contributed by atoms with Crippen molar-refractivity contribution in [2.24, 2.45) is 5.92 Å². The number of rotatable bonds is 5. The van der Waals surface area contributed by atoms with Crippen LogP contribution in [0.25, 0.3) is 0 Å². The van der Waals surface area contributed by atoms with E-state index in [1.165, 1.54) is 6.42 Å². The molecule has 0 aliphatic rings. The third-order valence-corrected chi connectivity index (χ3v) is 2.84. The fraction of sp³-hybridized carbons (Fsp3) is 0.538. The van der Waals surface area contributed by atoms with Gasteiger partial charge in [0.2, 0.25) is 0 Å². The van der Waals surface area contributed by atoms with Crippen molar-refractivity contribution in [2.45, 2.75) is 39.8 Å². The van der Waals surface area contributed by atoms with Gasteiger partial charge in [0.15, 0.2) is 0 Å². The minimum atomic E-state index is 0.512. The topological polar surface area (TPSA) is 12.0 Å². The summed E-state index contributed by atoms with van der Waals surface area (Å²) >= 11 is 11.9. The summed E-state index contributed by atoms with van der Waals surface area (Å²) in [6.45, 7) is 7.48. The minimum Gasteiger partial charge on any atom is -0.310 e. The predicted octanol–water partition coefficient (Wildman–Crippen LogP) is 4.52. The Hall–Kier alpha value is -0.240.